The second kappa shape index (κ2) is 5.69. The number of nitrogens with one attached hydrogen (secondary N) is 1. The lowest BCUT2D eigenvalue weighted by Crippen LogP contribution is -2.27. The lowest BCUT2D eigenvalue weighted by Gasteiger charge is -2.19. The Bertz CT molecular complexity index is 492. The third kappa shape index (κ3) is 4.95. The molecule has 104 valence electrons. The van der Waals surface area contributed by atoms with Crippen LogP contribution in [-0.2, 0) is 9.47 Å². The van der Waals surface area contributed by atoms with Crippen molar-refractivity contribution in [1.82, 2.24) is 4.98 Å². The van der Waals surface area contributed by atoms with Crippen molar-refractivity contribution in [3.8, 4) is 0 Å². The average Bonchev–Trinajstić information content (AvgIpc) is 2.24. The number of anilines is 1. The molecule has 6 heteroatoms. The van der Waals surface area contributed by atoms with E-state index in [4.69, 9.17) is 4.74 Å². The van der Waals surface area contributed by atoms with Gasteiger partial charge in [-0.1, -0.05) is 0 Å². The van der Waals surface area contributed by atoms with Crippen molar-refractivity contribution in [1.29, 1.82) is 0 Å². The fraction of sp³-hybridized carbons (Fsp3) is 0.462. The maximum absolute atomic E-state index is 11.6. The molecule has 19 heavy (non-hydrogen) atoms. The van der Waals surface area contributed by atoms with Gasteiger partial charge in [0.1, 0.15) is 5.60 Å². The molecule has 0 fully saturated rings. The number of esters is 1. The molecule has 6 nitrogen and oxygen atoms in total. The second-order valence-electron chi connectivity index (χ2n) is 5.00. The first kappa shape index (κ1) is 14.9. The number of methoxy groups -OCH3 is 1. The molecule has 0 spiro atoms. The molecule has 1 N–H and O–H groups in total. The Morgan fingerprint density at radius 3 is 2.42 bits per heavy atom. The molecule has 0 bridgehead atoms. The largest absolute Gasteiger partial charge is 0.464 e. The smallest absolute Gasteiger partial charge is 0.412 e. The van der Waals surface area contributed by atoms with Gasteiger partial charge in [0, 0.05) is 11.4 Å². The predicted molar refractivity (Wildman–Crippen MR) is 70.2 cm³/mol. The van der Waals surface area contributed by atoms with Crippen LogP contribution in [0.3, 0.4) is 0 Å². The van der Waals surface area contributed by atoms with E-state index in [1.807, 2.05) is 0 Å². The highest BCUT2D eigenvalue weighted by Crippen LogP contribution is 2.14. The average molecular weight is 266 g/mol. The first-order valence-electron chi connectivity index (χ1n) is 5.78. The van der Waals surface area contributed by atoms with Crippen LogP contribution in [0.25, 0.3) is 0 Å². The highest BCUT2D eigenvalue weighted by Gasteiger charge is 2.17. The third-order valence-corrected chi connectivity index (χ3v) is 1.99. The molecule has 1 heterocycles. The van der Waals surface area contributed by atoms with Crippen molar-refractivity contribution in [3.63, 3.8) is 0 Å². The summed E-state index contributed by atoms with van der Waals surface area (Å²) in [6.45, 7) is 7.02. The summed E-state index contributed by atoms with van der Waals surface area (Å²) >= 11 is 0. The van der Waals surface area contributed by atoms with Crippen LogP contribution in [0.2, 0.25) is 0 Å². The van der Waals surface area contributed by atoms with Crippen LogP contribution in [0, 0.1) is 6.92 Å². The fourth-order valence-electron chi connectivity index (χ4n) is 1.37. The van der Waals surface area contributed by atoms with E-state index < -0.39 is 17.7 Å². The zero-order valence-corrected chi connectivity index (χ0v) is 11.7. The number of hydrogen-bond donors (Lipinski definition) is 1. The number of pyridine rings is 1. The highest BCUT2D eigenvalue weighted by atomic mass is 16.6. The van der Waals surface area contributed by atoms with E-state index in [-0.39, 0.29) is 5.69 Å². The van der Waals surface area contributed by atoms with Gasteiger partial charge in [-0.2, -0.15) is 0 Å². The van der Waals surface area contributed by atoms with Crippen molar-refractivity contribution in [2.24, 2.45) is 0 Å². The molecule has 0 aliphatic heterocycles. The normalized spacial score (nSPS) is 10.8. The summed E-state index contributed by atoms with van der Waals surface area (Å²) < 4.78 is 9.71. The van der Waals surface area contributed by atoms with Crippen molar-refractivity contribution in [2.75, 3.05) is 12.4 Å². The summed E-state index contributed by atoms with van der Waals surface area (Å²) in [4.78, 5) is 27.0. The maximum Gasteiger partial charge on any atom is 0.412 e. The minimum Gasteiger partial charge on any atom is -0.464 e. The molecule has 0 saturated heterocycles. The van der Waals surface area contributed by atoms with Crippen LogP contribution >= 0.6 is 0 Å². The highest BCUT2D eigenvalue weighted by molar-refractivity contribution is 5.91. The molecule has 0 saturated carbocycles. The molecule has 0 unspecified atom stereocenters. The monoisotopic (exact) mass is 266 g/mol. The van der Waals surface area contributed by atoms with Crippen LogP contribution in [0.4, 0.5) is 10.5 Å². The lowest BCUT2D eigenvalue weighted by molar-refractivity contribution is 0.0590. The summed E-state index contributed by atoms with van der Waals surface area (Å²) in [5.74, 6) is -0.559. The zero-order valence-electron chi connectivity index (χ0n) is 11.7. The Morgan fingerprint density at radius 1 is 1.26 bits per heavy atom. The van der Waals surface area contributed by atoms with Gasteiger partial charge in [-0.25, -0.2) is 14.6 Å². The summed E-state index contributed by atoms with van der Waals surface area (Å²) in [6, 6.07) is 3.07. The number of hydrogen-bond acceptors (Lipinski definition) is 5. The van der Waals surface area contributed by atoms with Gasteiger partial charge in [-0.05, 0) is 39.8 Å². The van der Waals surface area contributed by atoms with Crippen molar-refractivity contribution < 1.29 is 19.1 Å². The van der Waals surface area contributed by atoms with E-state index in [0.717, 1.165) is 0 Å². The molecule has 1 aromatic rings. The van der Waals surface area contributed by atoms with Crippen molar-refractivity contribution in [3.05, 3.63) is 23.5 Å². The number of nitrogens with zero attached hydrogens (tertiary/aromatic N) is 1. The summed E-state index contributed by atoms with van der Waals surface area (Å²) in [5, 5.41) is 2.55. The molecule has 0 atom stereocenters. The number of ether oxygens (including phenoxy) is 2. The van der Waals surface area contributed by atoms with E-state index in [2.05, 4.69) is 15.0 Å². The number of rotatable bonds is 2. The summed E-state index contributed by atoms with van der Waals surface area (Å²) in [7, 11) is 1.27. The molecule has 0 aromatic carbocycles. The van der Waals surface area contributed by atoms with E-state index in [1.54, 1.807) is 33.8 Å². The van der Waals surface area contributed by atoms with Crippen LogP contribution < -0.4 is 5.32 Å². The standard InChI is InChI=1S/C13H18N2O4/c1-8-6-9(7-10(14-8)11(16)18-5)15-12(17)19-13(2,3)4/h6-7H,1-5H3,(H,14,15,17). The summed E-state index contributed by atoms with van der Waals surface area (Å²) in [5.41, 5.74) is 0.571. The van der Waals surface area contributed by atoms with E-state index in [0.29, 0.717) is 11.4 Å². The number of carbonyl (C=O) groups is 2. The van der Waals surface area contributed by atoms with Crippen molar-refractivity contribution >= 4 is 17.7 Å². The van der Waals surface area contributed by atoms with Gasteiger partial charge < -0.3 is 9.47 Å². The maximum atomic E-state index is 11.6. The van der Waals surface area contributed by atoms with Gasteiger partial charge in [-0.15, -0.1) is 0 Å². The number of aryl methyl sites for hydroxylation is 1. The summed E-state index contributed by atoms with van der Waals surface area (Å²) in [6.07, 6.45) is -0.589. The Balaban J connectivity index is 2.87. The van der Waals surface area contributed by atoms with Crippen LogP contribution in [0.5, 0.6) is 0 Å². The molecule has 0 radical (unpaired) electrons. The van der Waals surface area contributed by atoms with Crippen molar-refractivity contribution in [2.45, 2.75) is 33.3 Å². The van der Waals surface area contributed by atoms with Crippen LogP contribution in [0.15, 0.2) is 12.1 Å². The topological polar surface area (TPSA) is 77.5 Å². The first-order chi connectivity index (χ1) is 8.71. The SMILES string of the molecule is COC(=O)c1cc(NC(=O)OC(C)(C)C)cc(C)n1. The van der Waals surface area contributed by atoms with Crippen LogP contribution in [-0.4, -0.2) is 29.8 Å². The Hall–Kier alpha value is -2.11. The predicted octanol–water partition coefficient (Wildman–Crippen LogP) is 2.52. The number of carbonyl (C=O) groups excluding carboxylic acids is 2. The minimum atomic E-state index is -0.589. The third-order valence-electron chi connectivity index (χ3n) is 1.99. The van der Waals surface area contributed by atoms with Gasteiger partial charge in [0.15, 0.2) is 5.69 Å². The molecule has 0 aliphatic carbocycles. The first-order valence-corrected chi connectivity index (χ1v) is 5.78. The molecule has 1 aromatic heterocycles. The number of aromatic nitrogens is 1. The Labute approximate surface area is 112 Å². The van der Waals surface area contributed by atoms with Gasteiger partial charge in [-0.3, -0.25) is 5.32 Å². The quantitative estimate of drug-likeness (QED) is 0.832. The zero-order chi connectivity index (χ0) is 14.6. The molecule has 1 rings (SSSR count). The molecular weight excluding hydrogens is 248 g/mol. The Morgan fingerprint density at radius 2 is 1.89 bits per heavy atom. The van der Waals surface area contributed by atoms with Gasteiger partial charge in [0.25, 0.3) is 0 Å². The van der Waals surface area contributed by atoms with Gasteiger partial charge in [0.05, 0.1) is 7.11 Å². The van der Waals surface area contributed by atoms with E-state index in [9.17, 15) is 9.59 Å². The van der Waals surface area contributed by atoms with Gasteiger partial charge >= 0.3 is 12.1 Å². The lowest BCUT2D eigenvalue weighted by atomic mass is 10.2. The fourth-order valence-corrected chi connectivity index (χ4v) is 1.37. The second-order valence-corrected chi connectivity index (χ2v) is 5.00. The molecule has 1 amide bonds. The Kier molecular flexibility index (Phi) is 4.47. The van der Waals surface area contributed by atoms with Gasteiger partial charge in [0.2, 0.25) is 0 Å². The van der Waals surface area contributed by atoms with Crippen LogP contribution in [0.1, 0.15) is 37.0 Å². The van der Waals surface area contributed by atoms with E-state index in [1.165, 1.54) is 13.2 Å². The number of amides is 1. The molecular formula is C13H18N2O4. The van der Waals surface area contributed by atoms with E-state index >= 15 is 0 Å². The minimum absolute atomic E-state index is 0.133. The molecule has 0 aliphatic rings.